The van der Waals surface area contributed by atoms with Crippen LogP contribution in [0.3, 0.4) is 0 Å². The Balaban J connectivity index is 2.49. The van der Waals surface area contributed by atoms with Gasteiger partial charge < -0.3 is 25.2 Å². The summed E-state index contributed by atoms with van der Waals surface area (Å²) in [7, 11) is 0. The van der Waals surface area contributed by atoms with Gasteiger partial charge in [0, 0.05) is 6.54 Å². The largest absolute Gasteiger partial charge is 0.479 e. The summed E-state index contributed by atoms with van der Waals surface area (Å²) in [6.45, 7) is 6.20. The number of hydrogen-bond acceptors (Lipinski definition) is 4. The van der Waals surface area contributed by atoms with Crippen molar-refractivity contribution in [2.24, 2.45) is 0 Å². The number of ether oxygens (including phenoxy) is 1. The Morgan fingerprint density at radius 1 is 1.56 bits per heavy atom. The first-order chi connectivity index (χ1) is 8.21. The zero-order valence-corrected chi connectivity index (χ0v) is 10.8. The van der Waals surface area contributed by atoms with Crippen LogP contribution in [0.25, 0.3) is 0 Å². The highest BCUT2D eigenvalue weighted by Crippen LogP contribution is 2.20. The van der Waals surface area contributed by atoms with Crippen molar-refractivity contribution in [3.05, 3.63) is 0 Å². The first kappa shape index (κ1) is 14.7. The molecule has 0 saturated carbocycles. The van der Waals surface area contributed by atoms with Crippen molar-refractivity contribution < 1.29 is 24.5 Å². The summed E-state index contributed by atoms with van der Waals surface area (Å²) in [5.74, 6) is -1.36. The standard InChI is InChI=1S/C11H20N2O5/c1-7-5-13(6-11(2,3)18-7)10(17)12-4-8(14)9(15)16/h7-8,14H,4-6H2,1-3H3,(H,12,17)(H,15,16). The van der Waals surface area contributed by atoms with Crippen molar-refractivity contribution in [1.29, 1.82) is 0 Å². The molecule has 7 nitrogen and oxygen atoms in total. The van der Waals surface area contributed by atoms with Crippen LogP contribution in [-0.2, 0) is 9.53 Å². The van der Waals surface area contributed by atoms with Crippen molar-refractivity contribution in [1.82, 2.24) is 10.2 Å². The highest BCUT2D eigenvalue weighted by Gasteiger charge is 2.33. The smallest absolute Gasteiger partial charge is 0.334 e. The second kappa shape index (κ2) is 5.53. The molecule has 1 saturated heterocycles. The molecule has 18 heavy (non-hydrogen) atoms. The topological polar surface area (TPSA) is 99.1 Å². The molecular formula is C11H20N2O5. The summed E-state index contributed by atoms with van der Waals surface area (Å²) in [5, 5.41) is 20.0. The average Bonchev–Trinajstić information content (AvgIpc) is 2.22. The number of morpholine rings is 1. The number of aliphatic carboxylic acids is 1. The van der Waals surface area contributed by atoms with E-state index in [-0.39, 0.29) is 12.6 Å². The van der Waals surface area contributed by atoms with Crippen LogP contribution in [0.4, 0.5) is 4.79 Å². The molecule has 0 aromatic rings. The number of urea groups is 1. The number of nitrogens with zero attached hydrogens (tertiary/aromatic N) is 1. The fraction of sp³-hybridized carbons (Fsp3) is 0.818. The zero-order chi connectivity index (χ0) is 13.9. The lowest BCUT2D eigenvalue weighted by atomic mass is 10.1. The van der Waals surface area contributed by atoms with Crippen LogP contribution in [0.5, 0.6) is 0 Å². The highest BCUT2D eigenvalue weighted by molar-refractivity contribution is 5.77. The normalized spacial score (nSPS) is 24.4. The van der Waals surface area contributed by atoms with Gasteiger partial charge in [-0.2, -0.15) is 0 Å². The van der Waals surface area contributed by atoms with E-state index in [0.29, 0.717) is 13.1 Å². The summed E-state index contributed by atoms with van der Waals surface area (Å²) in [4.78, 5) is 23.8. The molecule has 1 rings (SSSR count). The van der Waals surface area contributed by atoms with E-state index in [9.17, 15) is 9.59 Å². The van der Waals surface area contributed by atoms with Gasteiger partial charge in [-0.25, -0.2) is 9.59 Å². The van der Waals surface area contributed by atoms with Gasteiger partial charge in [-0.05, 0) is 20.8 Å². The molecule has 0 spiro atoms. The van der Waals surface area contributed by atoms with Crippen LogP contribution in [0.2, 0.25) is 0 Å². The van der Waals surface area contributed by atoms with Gasteiger partial charge in [0.25, 0.3) is 0 Å². The molecule has 0 radical (unpaired) electrons. The van der Waals surface area contributed by atoms with E-state index in [4.69, 9.17) is 14.9 Å². The zero-order valence-electron chi connectivity index (χ0n) is 10.8. The molecule has 0 aliphatic carbocycles. The molecule has 104 valence electrons. The fourth-order valence-electron chi connectivity index (χ4n) is 1.99. The van der Waals surface area contributed by atoms with Crippen molar-refractivity contribution in [3.63, 3.8) is 0 Å². The summed E-state index contributed by atoms with van der Waals surface area (Å²) < 4.78 is 5.65. The number of carboxylic acids is 1. The Kier molecular flexibility index (Phi) is 4.53. The van der Waals surface area contributed by atoms with Crippen LogP contribution >= 0.6 is 0 Å². The summed E-state index contributed by atoms with van der Waals surface area (Å²) in [5.41, 5.74) is -0.430. The maximum Gasteiger partial charge on any atom is 0.334 e. The molecule has 1 heterocycles. The van der Waals surface area contributed by atoms with Crippen molar-refractivity contribution in [2.75, 3.05) is 19.6 Å². The quantitative estimate of drug-likeness (QED) is 0.643. The first-order valence-electron chi connectivity index (χ1n) is 5.83. The van der Waals surface area contributed by atoms with Crippen molar-refractivity contribution >= 4 is 12.0 Å². The van der Waals surface area contributed by atoms with Gasteiger partial charge in [-0.1, -0.05) is 0 Å². The summed E-state index contributed by atoms with van der Waals surface area (Å²) in [6, 6.07) is -0.390. The summed E-state index contributed by atoms with van der Waals surface area (Å²) in [6.07, 6.45) is -1.66. The van der Waals surface area contributed by atoms with Crippen molar-refractivity contribution in [3.8, 4) is 0 Å². The molecule has 2 unspecified atom stereocenters. The number of nitrogens with one attached hydrogen (secondary N) is 1. The number of carbonyl (C=O) groups is 2. The lowest BCUT2D eigenvalue weighted by Gasteiger charge is -2.41. The van der Waals surface area contributed by atoms with E-state index in [1.54, 1.807) is 4.90 Å². The lowest BCUT2D eigenvalue weighted by molar-refractivity contribution is -0.146. The minimum absolute atomic E-state index is 0.0797. The monoisotopic (exact) mass is 260 g/mol. The predicted molar refractivity (Wildman–Crippen MR) is 63.2 cm³/mol. The van der Waals surface area contributed by atoms with E-state index < -0.39 is 23.7 Å². The molecule has 1 fully saturated rings. The van der Waals surface area contributed by atoms with Crippen molar-refractivity contribution in [2.45, 2.75) is 38.6 Å². The molecule has 0 aromatic heterocycles. The maximum absolute atomic E-state index is 11.8. The van der Waals surface area contributed by atoms with Crippen LogP contribution in [0.15, 0.2) is 0 Å². The minimum atomic E-state index is -1.58. The molecule has 0 bridgehead atoms. The number of rotatable bonds is 3. The van der Waals surface area contributed by atoms with Gasteiger partial charge in [0.15, 0.2) is 6.10 Å². The van der Waals surface area contributed by atoms with Gasteiger partial charge >= 0.3 is 12.0 Å². The van der Waals surface area contributed by atoms with Gasteiger partial charge in [0.1, 0.15) is 0 Å². The number of hydrogen-bond donors (Lipinski definition) is 3. The molecule has 2 atom stereocenters. The first-order valence-corrected chi connectivity index (χ1v) is 5.83. The Morgan fingerprint density at radius 3 is 2.67 bits per heavy atom. The highest BCUT2D eigenvalue weighted by atomic mass is 16.5. The molecule has 7 heteroatoms. The second-order valence-corrected chi connectivity index (χ2v) is 5.11. The Hall–Kier alpha value is -1.34. The van der Waals surface area contributed by atoms with Gasteiger partial charge in [-0.3, -0.25) is 0 Å². The summed E-state index contributed by atoms with van der Waals surface area (Å²) >= 11 is 0. The third kappa shape index (κ3) is 4.15. The lowest BCUT2D eigenvalue weighted by Crippen LogP contribution is -2.57. The second-order valence-electron chi connectivity index (χ2n) is 5.11. The molecule has 3 N–H and O–H groups in total. The van der Waals surface area contributed by atoms with E-state index in [0.717, 1.165) is 0 Å². The average molecular weight is 260 g/mol. The van der Waals surface area contributed by atoms with E-state index in [1.165, 1.54) is 0 Å². The van der Waals surface area contributed by atoms with E-state index in [2.05, 4.69) is 5.32 Å². The maximum atomic E-state index is 11.8. The molecule has 1 aliphatic heterocycles. The molecule has 1 aliphatic rings. The minimum Gasteiger partial charge on any atom is -0.479 e. The van der Waals surface area contributed by atoms with Crippen LogP contribution in [-0.4, -0.2) is 64.6 Å². The van der Waals surface area contributed by atoms with Crippen LogP contribution in [0.1, 0.15) is 20.8 Å². The number of amides is 2. The third-order valence-corrected chi connectivity index (χ3v) is 2.59. The number of carboxylic acid groups (broad SMARTS) is 1. The number of aliphatic hydroxyl groups excluding tert-OH is 1. The van der Waals surface area contributed by atoms with E-state index in [1.807, 2.05) is 20.8 Å². The molecule has 0 aromatic carbocycles. The van der Waals surface area contributed by atoms with Gasteiger partial charge in [0.05, 0.1) is 24.8 Å². The van der Waals surface area contributed by atoms with Gasteiger partial charge in [-0.15, -0.1) is 0 Å². The predicted octanol–water partition coefficient (Wildman–Crippen LogP) is -0.359. The Bertz CT molecular complexity index is 331. The van der Waals surface area contributed by atoms with E-state index >= 15 is 0 Å². The third-order valence-electron chi connectivity index (χ3n) is 2.59. The molecular weight excluding hydrogens is 240 g/mol. The Morgan fingerprint density at radius 2 is 2.17 bits per heavy atom. The van der Waals surface area contributed by atoms with Gasteiger partial charge in [0.2, 0.25) is 0 Å². The SMILES string of the molecule is CC1CN(C(=O)NCC(O)C(=O)O)CC(C)(C)O1. The fourth-order valence-corrected chi connectivity index (χ4v) is 1.99. The number of carbonyl (C=O) groups excluding carboxylic acids is 1. The number of aliphatic hydroxyl groups is 1. The van der Waals surface area contributed by atoms with Crippen LogP contribution in [0, 0.1) is 0 Å². The molecule has 2 amide bonds. The van der Waals surface area contributed by atoms with Crippen LogP contribution < -0.4 is 5.32 Å². The Labute approximate surface area is 106 Å².